The summed E-state index contributed by atoms with van der Waals surface area (Å²) in [6.45, 7) is 0. The largest absolute Gasteiger partial charge is 0.382 e. The lowest BCUT2D eigenvalue weighted by atomic mass is 9.95. The molecule has 1 aromatic heterocycles. The van der Waals surface area contributed by atoms with Crippen LogP contribution in [0.3, 0.4) is 0 Å². The number of nitrogens with zero attached hydrogens (tertiary/aromatic N) is 1. The summed E-state index contributed by atoms with van der Waals surface area (Å²) < 4.78 is 1.82. The van der Waals surface area contributed by atoms with Crippen molar-refractivity contribution in [3.63, 3.8) is 0 Å². The number of aromatic nitrogens is 2. The van der Waals surface area contributed by atoms with Crippen molar-refractivity contribution >= 4 is 16.6 Å². The normalized spacial score (nSPS) is 19.8. The molecule has 2 aliphatic rings. The molecule has 2 saturated carbocycles. The molecule has 1 aromatic carbocycles. The van der Waals surface area contributed by atoms with E-state index in [4.69, 9.17) is 0 Å². The maximum absolute atomic E-state index is 12.4. The first-order valence-corrected chi connectivity index (χ1v) is 9.27. The van der Waals surface area contributed by atoms with Crippen molar-refractivity contribution in [2.45, 2.75) is 69.9 Å². The lowest BCUT2D eigenvalue weighted by Gasteiger charge is -2.24. The van der Waals surface area contributed by atoms with E-state index in [9.17, 15) is 9.59 Å². The average molecular weight is 327 g/mol. The van der Waals surface area contributed by atoms with Gasteiger partial charge in [-0.25, -0.2) is 4.79 Å². The predicted octanol–water partition coefficient (Wildman–Crippen LogP) is 3.55. The van der Waals surface area contributed by atoms with Gasteiger partial charge >= 0.3 is 5.69 Å². The maximum Gasteiger partial charge on any atom is 0.329 e. The van der Waals surface area contributed by atoms with E-state index < -0.39 is 0 Å². The van der Waals surface area contributed by atoms with Crippen LogP contribution in [-0.2, 0) is 0 Å². The monoisotopic (exact) mass is 327 g/mol. The third kappa shape index (κ3) is 2.87. The molecule has 2 aromatic rings. The molecule has 2 N–H and O–H groups in total. The average Bonchev–Trinajstić information content (AvgIpc) is 3.10. The highest BCUT2D eigenvalue weighted by atomic mass is 16.2. The molecule has 2 fully saturated rings. The molecule has 0 unspecified atom stereocenters. The van der Waals surface area contributed by atoms with Crippen LogP contribution in [0.25, 0.3) is 10.9 Å². The maximum atomic E-state index is 12.4. The molecule has 2 aliphatic carbocycles. The highest BCUT2D eigenvalue weighted by Crippen LogP contribution is 2.31. The number of rotatable bonds is 3. The first-order valence-electron chi connectivity index (χ1n) is 9.27. The Balaban J connectivity index is 1.77. The van der Waals surface area contributed by atoms with Crippen LogP contribution in [0.2, 0.25) is 0 Å². The molecule has 0 spiro atoms. The van der Waals surface area contributed by atoms with E-state index in [-0.39, 0.29) is 17.3 Å². The molecular formula is C19H25N3O2. The molecule has 0 atom stereocenters. The van der Waals surface area contributed by atoms with Gasteiger partial charge in [-0.05, 0) is 43.9 Å². The van der Waals surface area contributed by atoms with Gasteiger partial charge in [0.05, 0.1) is 10.9 Å². The zero-order valence-electron chi connectivity index (χ0n) is 14.0. The molecule has 5 heteroatoms. The minimum atomic E-state index is -0.284. The zero-order valence-corrected chi connectivity index (χ0v) is 14.0. The van der Waals surface area contributed by atoms with Gasteiger partial charge in [0.1, 0.15) is 0 Å². The van der Waals surface area contributed by atoms with Gasteiger partial charge in [-0.1, -0.05) is 32.1 Å². The SMILES string of the molecule is O=c1[nH]c(=O)n(C2CCCC2)c2cc(NC3CCCCC3)ccc12. The van der Waals surface area contributed by atoms with Crippen LogP contribution < -0.4 is 16.6 Å². The van der Waals surface area contributed by atoms with E-state index >= 15 is 0 Å². The Bertz CT molecular complexity index is 840. The Labute approximate surface area is 141 Å². The molecule has 0 saturated heterocycles. The standard InChI is InChI=1S/C19H25N3O2/c23-18-16-11-10-14(20-13-6-2-1-3-7-13)12-17(16)22(19(24)21-18)15-8-4-5-9-15/h10-13,15,20H,1-9H2,(H,21,23,24). The number of anilines is 1. The van der Waals surface area contributed by atoms with Gasteiger partial charge in [0.15, 0.2) is 0 Å². The first kappa shape index (κ1) is 15.5. The van der Waals surface area contributed by atoms with Crippen LogP contribution in [0.4, 0.5) is 5.69 Å². The number of aromatic amines is 1. The minimum Gasteiger partial charge on any atom is -0.382 e. The highest BCUT2D eigenvalue weighted by molar-refractivity contribution is 5.82. The third-order valence-electron chi connectivity index (χ3n) is 5.61. The third-order valence-corrected chi connectivity index (χ3v) is 5.61. The highest BCUT2D eigenvalue weighted by Gasteiger charge is 2.21. The summed E-state index contributed by atoms with van der Waals surface area (Å²) in [4.78, 5) is 27.1. The fraction of sp³-hybridized carbons (Fsp3) is 0.579. The van der Waals surface area contributed by atoms with Crippen molar-refractivity contribution in [1.29, 1.82) is 0 Å². The van der Waals surface area contributed by atoms with E-state index in [0.717, 1.165) is 36.9 Å². The van der Waals surface area contributed by atoms with Crippen molar-refractivity contribution in [3.05, 3.63) is 39.0 Å². The van der Waals surface area contributed by atoms with Crippen LogP contribution in [0, 0.1) is 0 Å². The van der Waals surface area contributed by atoms with Crippen LogP contribution in [0.5, 0.6) is 0 Å². The molecule has 5 nitrogen and oxygen atoms in total. The van der Waals surface area contributed by atoms with E-state index in [1.54, 1.807) is 0 Å². The van der Waals surface area contributed by atoms with E-state index in [2.05, 4.69) is 10.3 Å². The van der Waals surface area contributed by atoms with Crippen LogP contribution in [-0.4, -0.2) is 15.6 Å². The Morgan fingerprint density at radius 1 is 0.958 bits per heavy atom. The number of fused-ring (bicyclic) bond motifs is 1. The molecule has 0 amide bonds. The Morgan fingerprint density at radius 3 is 2.42 bits per heavy atom. The molecule has 0 aliphatic heterocycles. The van der Waals surface area contributed by atoms with Gasteiger partial charge in [0.2, 0.25) is 0 Å². The number of benzene rings is 1. The zero-order chi connectivity index (χ0) is 16.5. The lowest BCUT2D eigenvalue weighted by Crippen LogP contribution is -2.32. The minimum absolute atomic E-state index is 0.210. The first-order chi connectivity index (χ1) is 11.7. The van der Waals surface area contributed by atoms with Gasteiger partial charge in [-0.15, -0.1) is 0 Å². The summed E-state index contributed by atoms with van der Waals surface area (Å²) in [5.41, 5.74) is 1.24. The Morgan fingerprint density at radius 2 is 1.67 bits per heavy atom. The van der Waals surface area contributed by atoms with Gasteiger partial charge in [-0.2, -0.15) is 0 Å². The van der Waals surface area contributed by atoms with Crippen LogP contribution in [0.15, 0.2) is 27.8 Å². The predicted molar refractivity (Wildman–Crippen MR) is 96.8 cm³/mol. The smallest absolute Gasteiger partial charge is 0.329 e. The van der Waals surface area contributed by atoms with E-state index in [1.165, 1.54) is 32.1 Å². The number of nitrogens with one attached hydrogen (secondary N) is 2. The summed E-state index contributed by atoms with van der Waals surface area (Å²) in [5, 5.41) is 4.21. The van der Waals surface area contributed by atoms with Crippen molar-refractivity contribution in [2.75, 3.05) is 5.32 Å². The molecule has 24 heavy (non-hydrogen) atoms. The second kappa shape index (κ2) is 6.46. The Hall–Kier alpha value is -2.04. The van der Waals surface area contributed by atoms with Crippen molar-refractivity contribution < 1.29 is 0 Å². The van der Waals surface area contributed by atoms with E-state index in [0.29, 0.717) is 11.4 Å². The molecular weight excluding hydrogens is 302 g/mol. The van der Waals surface area contributed by atoms with Crippen molar-refractivity contribution in [2.24, 2.45) is 0 Å². The van der Waals surface area contributed by atoms with Crippen molar-refractivity contribution in [1.82, 2.24) is 9.55 Å². The Kier molecular flexibility index (Phi) is 4.17. The topological polar surface area (TPSA) is 66.9 Å². The van der Waals surface area contributed by atoms with E-state index in [1.807, 2.05) is 22.8 Å². The van der Waals surface area contributed by atoms with Crippen LogP contribution in [0.1, 0.15) is 63.8 Å². The van der Waals surface area contributed by atoms with Gasteiger partial charge in [0, 0.05) is 17.8 Å². The van der Waals surface area contributed by atoms with Crippen LogP contribution >= 0.6 is 0 Å². The molecule has 128 valence electrons. The number of hydrogen-bond donors (Lipinski definition) is 2. The summed E-state index contributed by atoms with van der Waals surface area (Å²) in [7, 11) is 0. The summed E-state index contributed by atoms with van der Waals surface area (Å²) in [5.74, 6) is 0. The van der Waals surface area contributed by atoms with Crippen molar-refractivity contribution in [3.8, 4) is 0 Å². The second-order valence-electron chi connectivity index (χ2n) is 7.28. The molecule has 4 rings (SSSR count). The fourth-order valence-corrected chi connectivity index (χ4v) is 4.35. The van der Waals surface area contributed by atoms with Gasteiger partial charge in [0.25, 0.3) is 5.56 Å². The van der Waals surface area contributed by atoms with Gasteiger partial charge in [-0.3, -0.25) is 14.3 Å². The summed E-state index contributed by atoms with van der Waals surface area (Å²) >= 11 is 0. The number of hydrogen-bond acceptors (Lipinski definition) is 3. The lowest BCUT2D eigenvalue weighted by molar-refractivity contribution is 0.462. The molecule has 1 heterocycles. The quantitative estimate of drug-likeness (QED) is 0.906. The fourth-order valence-electron chi connectivity index (χ4n) is 4.35. The summed E-state index contributed by atoms with van der Waals surface area (Å²) in [6, 6.07) is 6.53. The van der Waals surface area contributed by atoms with Gasteiger partial charge < -0.3 is 5.32 Å². The summed E-state index contributed by atoms with van der Waals surface area (Å²) in [6.07, 6.45) is 10.6. The second-order valence-corrected chi connectivity index (χ2v) is 7.28. The molecule has 0 bridgehead atoms. The number of H-pyrrole nitrogens is 1. The molecule has 0 radical (unpaired) electrons.